The Hall–Kier alpha value is -2.47. The van der Waals surface area contributed by atoms with E-state index in [4.69, 9.17) is 4.74 Å². The molecule has 33 heavy (non-hydrogen) atoms. The molecule has 4 rings (SSSR count). The van der Waals surface area contributed by atoms with Gasteiger partial charge in [0.15, 0.2) is 0 Å². The average Bonchev–Trinajstić information content (AvgIpc) is 3.18. The molecule has 2 heterocycles. The second kappa shape index (κ2) is 10.2. The van der Waals surface area contributed by atoms with Gasteiger partial charge in [-0.2, -0.15) is 0 Å². The van der Waals surface area contributed by atoms with Crippen LogP contribution in [0.15, 0.2) is 42.5 Å². The van der Waals surface area contributed by atoms with Crippen LogP contribution in [0.4, 0.5) is 8.78 Å². The number of hydrogen-bond donors (Lipinski definition) is 0. The maximum absolute atomic E-state index is 13.5. The van der Waals surface area contributed by atoms with Gasteiger partial charge in [0, 0.05) is 31.3 Å². The number of likely N-dealkylation sites (tertiary alicyclic amines) is 2. The molecule has 2 aromatic rings. The van der Waals surface area contributed by atoms with Crippen molar-refractivity contribution < 1.29 is 18.3 Å². The number of carbonyl (C=O) groups is 1. The van der Waals surface area contributed by atoms with E-state index in [0.717, 1.165) is 63.8 Å². The van der Waals surface area contributed by atoms with Crippen LogP contribution in [0.3, 0.4) is 0 Å². The minimum Gasteiger partial charge on any atom is -0.493 e. The van der Waals surface area contributed by atoms with Gasteiger partial charge in [0.1, 0.15) is 17.4 Å². The van der Waals surface area contributed by atoms with E-state index in [0.29, 0.717) is 18.1 Å². The van der Waals surface area contributed by atoms with Crippen LogP contribution in [0, 0.1) is 23.0 Å². The summed E-state index contributed by atoms with van der Waals surface area (Å²) < 4.78 is 32.9. The van der Waals surface area contributed by atoms with Gasteiger partial charge in [0.25, 0.3) is 0 Å². The predicted octanol–water partition coefficient (Wildman–Crippen LogP) is 5.06. The molecule has 0 unspecified atom stereocenters. The zero-order chi connectivity index (χ0) is 23.4. The Morgan fingerprint density at radius 2 is 1.70 bits per heavy atom. The Bertz CT molecular complexity index is 950. The van der Waals surface area contributed by atoms with Crippen LogP contribution in [0.1, 0.15) is 44.2 Å². The van der Waals surface area contributed by atoms with E-state index >= 15 is 0 Å². The lowest BCUT2D eigenvalue weighted by atomic mass is 9.77. The fourth-order valence-corrected chi connectivity index (χ4v) is 5.01. The van der Waals surface area contributed by atoms with Crippen molar-refractivity contribution in [3.8, 4) is 5.75 Å². The van der Waals surface area contributed by atoms with Crippen LogP contribution < -0.4 is 4.74 Å². The van der Waals surface area contributed by atoms with Gasteiger partial charge in [-0.05, 0) is 67.4 Å². The van der Waals surface area contributed by atoms with E-state index < -0.39 is 11.6 Å². The molecule has 1 spiro atoms. The molecule has 2 aliphatic rings. The van der Waals surface area contributed by atoms with Crippen molar-refractivity contribution in [3.63, 3.8) is 0 Å². The van der Waals surface area contributed by atoms with Crippen molar-refractivity contribution in [3.05, 3.63) is 65.2 Å². The molecule has 0 atom stereocenters. The van der Waals surface area contributed by atoms with Crippen molar-refractivity contribution in [2.24, 2.45) is 11.3 Å². The van der Waals surface area contributed by atoms with Gasteiger partial charge in [-0.25, -0.2) is 8.78 Å². The summed E-state index contributed by atoms with van der Waals surface area (Å²) in [6.07, 6.45) is 3.16. The molecule has 178 valence electrons. The van der Waals surface area contributed by atoms with Gasteiger partial charge in [-0.3, -0.25) is 9.69 Å². The van der Waals surface area contributed by atoms with E-state index in [1.807, 2.05) is 17.0 Å². The number of piperidine rings is 1. The van der Waals surface area contributed by atoms with Crippen molar-refractivity contribution >= 4 is 5.91 Å². The molecule has 0 bridgehead atoms. The maximum Gasteiger partial charge on any atom is 0.227 e. The van der Waals surface area contributed by atoms with Crippen LogP contribution in [-0.2, 0) is 17.8 Å². The molecular weight excluding hydrogens is 422 g/mol. The minimum absolute atomic E-state index is 0.0457. The zero-order valence-electron chi connectivity index (χ0n) is 19.7. The van der Waals surface area contributed by atoms with Crippen LogP contribution in [0.5, 0.6) is 5.75 Å². The molecular formula is C27H34F2N2O2. The second-order valence-corrected chi connectivity index (χ2v) is 10.1. The fraction of sp³-hybridized carbons (Fsp3) is 0.519. The molecule has 2 aromatic carbocycles. The van der Waals surface area contributed by atoms with Crippen LogP contribution in [0.2, 0.25) is 0 Å². The fourth-order valence-electron chi connectivity index (χ4n) is 5.01. The molecule has 0 N–H and O–H groups in total. The van der Waals surface area contributed by atoms with Gasteiger partial charge in [-0.1, -0.05) is 32.0 Å². The van der Waals surface area contributed by atoms with E-state index in [-0.39, 0.29) is 17.7 Å². The SMILES string of the molecule is CC(C)COc1ccccc1CN1CCC2(CC1)CCN(C(=O)Cc1cc(F)cc(F)c1)C2. The molecule has 0 radical (unpaired) electrons. The second-order valence-electron chi connectivity index (χ2n) is 10.1. The number of hydrogen-bond acceptors (Lipinski definition) is 3. The smallest absolute Gasteiger partial charge is 0.227 e. The van der Waals surface area contributed by atoms with Gasteiger partial charge in [0.2, 0.25) is 5.91 Å². The monoisotopic (exact) mass is 456 g/mol. The molecule has 2 aliphatic heterocycles. The number of para-hydroxylation sites is 1. The van der Waals surface area contributed by atoms with Crippen LogP contribution in [-0.4, -0.2) is 48.5 Å². The Morgan fingerprint density at radius 3 is 2.39 bits per heavy atom. The highest BCUT2D eigenvalue weighted by Crippen LogP contribution is 2.41. The van der Waals surface area contributed by atoms with Gasteiger partial charge >= 0.3 is 0 Å². The number of nitrogens with zero attached hydrogens (tertiary/aromatic N) is 2. The molecule has 0 saturated carbocycles. The number of carbonyl (C=O) groups excluding carboxylic acids is 1. The molecule has 0 aromatic heterocycles. The van der Waals surface area contributed by atoms with Crippen LogP contribution in [0.25, 0.3) is 0 Å². The summed E-state index contributed by atoms with van der Waals surface area (Å²) in [4.78, 5) is 17.1. The third-order valence-electron chi connectivity index (χ3n) is 6.92. The summed E-state index contributed by atoms with van der Waals surface area (Å²) in [6.45, 7) is 9.35. The van der Waals surface area contributed by atoms with Gasteiger partial charge in [0.05, 0.1) is 13.0 Å². The van der Waals surface area contributed by atoms with Crippen molar-refractivity contribution in [1.82, 2.24) is 9.80 Å². The van der Waals surface area contributed by atoms with Gasteiger partial charge < -0.3 is 9.64 Å². The van der Waals surface area contributed by atoms with E-state index in [2.05, 4.69) is 30.9 Å². The molecule has 6 heteroatoms. The van der Waals surface area contributed by atoms with E-state index in [9.17, 15) is 13.6 Å². The summed E-state index contributed by atoms with van der Waals surface area (Å²) >= 11 is 0. The maximum atomic E-state index is 13.5. The zero-order valence-corrected chi connectivity index (χ0v) is 19.7. The first-order valence-corrected chi connectivity index (χ1v) is 12.0. The molecule has 4 nitrogen and oxygen atoms in total. The molecule has 0 aliphatic carbocycles. The highest BCUT2D eigenvalue weighted by atomic mass is 19.1. The summed E-state index contributed by atoms with van der Waals surface area (Å²) in [5, 5.41) is 0. The van der Waals surface area contributed by atoms with Crippen molar-refractivity contribution in [2.75, 3.05) is 32.8 Å². The standard InChI is InChI=1S/C27H34F2N2O2/c1-20(2)18-33-25-6-4-3-5-22(25)17-30-10-7-27(8-11-30)9-12-31(19-27)26(32)15-21-13-23(28)16-24(29)14-21/h3-6,13-14,16,20H,7-12,15,17-19H2,1-2H3. The lowest BCUT2D eigenvalue weighted by Gasteiger charge is -2.39. The molecule has 2 saturated heterocycles. The van der Waals surface area contributed by atoms with Gasteiger partial charge in [-0.15, -0.1) is 0 Å². The van der Waals surface area contributed by atoms with Crippen molar-refractivity contribution in [2.45, 2.75) is 46.1 Å². The van der Waals surface area contributed by atoms with Crippen molar-refractivity contribution in [1.29, 1.82) is 0 Å². The summed E-state index contributed by atoms with van der Waals surface area (Å²) in [6, 6.07) is 11.6. The predicted molar refractivity (Wildman–Crippen MR) is 125 cm³/mol. The quantitative estimate of drug-likeness (QED) is 0.584. The first-order chi connectivity index (χ1) is 15.8. The first-order valence-electron chi connectivity index (χ1n) is 12.0. The number of benzene rings is 2. The Morgan fingerprint density at radius 1 is 1.03 bits per heavy atom. The third-order valence-corrected chi connectivity index (χ3v) is 6.92. The normalized spacial score (nSPS) is 18.3. The Kier molecular flexibility index (Phi) is 7.32. The summed E-state index contributed by atoms with van der Waals surface area (Å²) in [5.74, 6) is 0.132. The Balaban J connectivity index is 1.30. The Labute approximate surface area is 195 Å². The lowest BCUT2D eigenvalue weighted by Crippen LogP contribution is -2.42. The van der Waals surface area contributed by atoms with E-state index in [1.54, 1.807) is 0 Å². The lowest BCUT2D eigenvalue weighted by molar-refractivity contribution is -0.130. The number of ether oxygens (including phenoxy) is 1. The molecule has 1 amide bonds. The molecule has 2 fully saturated rings. The van der Waals surface area contributed by atoms with E-state index in [1.165, 1.54) is 17.7 Å². The third kappa shape index (κ3) is 6.11. The topological polar surface area (TPSA) is 32.8 Å². The average molecular weight is 457 g/mol. The highest BCUT2D eigenvalue weighted by molar-refractivity contribution is 5.79. The largest absolute Gasteiger partial charge is 0.493 e. The minimum atomic E-state index is -0.640. The highest BCUT2D eigenvalue weighted by Gasteiger charge is 2.41. The number of halogens is 2. The number of amides is 1. The summed E-state index contributed by atoms with van der Waals surface area (Å²) in [5.41, 5.74) is 1.78. The summed E-state index contributed by atoms with van der Waals surface area (Å²) in [7, 11) is 0. The van der Waals surface area contributed by atoms with Crippen LogP contribution >= 0.6 is 0 Å². The first kappa shape index (κ1) is 23.7. The number of rotatable bonds is 7.